The average Bonchev–Trinajstić information content (AvgIpc) is 2.65. The Balaban J connectivity index is 1.90. The summed E-state index contributed by atoms with van der Waals surface area (Å²) >= 11 is 0. The third-order valence-electron chi connectivity index (χ3n) is 4.03. The Morgan fingerprint density at radius 1 is 1.20 bits per heavy atom. The number of nitrogens with zero attached hydrogens (tertiary/aromatic N) is 1. The van der Waals surface area contributed by atoms with Gasteiger partial charge in [-0.3, -0.25) is 9.59 Å². The molecule has 3 rings (SSSR count). The number of hydrogen-bond donors (Lipinski definition) is 2. The monoisotopic (exact) mass is 413 g/mol. The van der Waals surface area contributed by atoms with E-state index in [2.05, 4.69) is 15.3 Å². The maximum absolute atomic E-state index is 14.0. The molecule has 0 spiro atoms. The summed E-state index contributed by atoms with van der Waals surface area (Å²) in [5.74, 6) is 0.0504. The van der Waals surface area contributed by atoms with Gasteiger partial charge >= 0.3 is 0 Å². The minimum atomic E-state index is -0.544. The minimum absolute atomic E-state index is 0.148. The van der Waals surface area contributed by atoms with Crippen molar-refractivity contribution < 1.29 is 18.7 Å². The van der Waals surface area contributed by atoms with Crippen LogP contribution in [0.25, 0.3) is 22.3 Å². The molecule has 1 aromatic heterocycles. The SMILES string of the molecule is CCOc1cc(F)cc2nc(-c3cccc(OCC(=O)NC(C)(C)C)c3)[nH]c(=O)c12. The summed E-state index contributed by atoms with van der Waals surface area (Å²) in [6.45, 7) is 7.54. The molecule has 1 amide bonds. The van der Waals surface area contributed by atoms with Gasteiger partial charge < -0.3 is 19.8 Å². The third-order valence-corrected chi connectivity index (χ3v) is 4.03. The fourth-order valence-electron chi connectivity index (χ4n) is 2.95. The van der Waals surface area contributed by atoms with E-state index < -0.39 is 11.4 Å². The number of ether oxygens (including phenoxy) is 2. The lowest BCUT2D eigenvalue weighted by molar-refractivity contribution is -0.124. The molecule has 0 aliphatic carbocycles. The predicted octanol–water partition coefficient (Wildman–Crippen LogP) is 3.42. The molecule has 0 saturated heterocycles. The molecule has 30 heavy (non-hydrogen) atoms. The number of aromatic amines is 1. The lowest BCUT2D eigenvalue weighted by atomic mass is 10.1. The van der Waals surface area contributed by atoms with Gasteiger partial charge in [0.1, 0.15) is 28.5 Å². The van der Waals surface area contributed by atoms with Crippen molar-refractivity contribution in [3.05, 3.63) is 52.6 Å². The molecule has 7 nitrogen and oxygen atoms in total. The van der Waals surface area contributed by atoms with Gasteiger partial charge in [0, 0.05) is 23.2 Å². The van der Waals surface area contributed by atoms with Crippen LogP contribution in [-0.4, -0.2) is 34.6 Å². The van der Waals surface area contributed by atoms with Gasteiger partial charge in [-0.1, -0.05) is 12.1 Å². The topological polar surface area (TPSA) is 93.3 Å². The number of carbonyl (C=O) groups excluding carboxylic acids is 1. The van der Waals surface area contributed by atoms with Gasteiger partial charge in [0.15, 0.2) is 6.61 Å². The first-order valence-electron chi connectivity index (χ1n) is 9.57. The number of hydrogen-bond acceptors (Lipinski definition) is 5. The smallest absolute Gasteiger partial charge is 0.262 e. The predicted molar refractivity (Wildman–Crippen MR) is 112 cm³/mol. The van der Waals surface area contributed by atoms with Crippen LogP contribution in [0, 0.1) is 5.82 Å². The second-order valence-corrected chi connectivity index (χ2v) is 7.76. The molecule has 2 aromatic carbocycles. The van der Waals surface area contributed by atoms with Crippen molar-refractivity contribution in [1.29, 1.82) is 0 Å². The van der Waals surface area contributed by atoms with E-state index in [4.69, 9.17) is 9.47 Å². The van der Waals surface area contributed by atoms with E-state index in [9.17, 15) is 14.0 Å². The van der Waals surface area contributed by atoms with Crippen molar-refractivity contribution in [3.8, 4) is 22.9 Å². The first-order chi connectivity index (χ1) is 14.2. The Kier molecular flexibility index (Phi) is 6.05. The molecule has 1 heterocycles. The molecule has 0 aliphatic heterocycles. The summed E-state index contributed by atoms with van der Waals surface area (Å²) in [6.07, 6.45) is 0. The zero-order valence-electron chi connectivity index (χ0n) is 17.3. The number of amides is 1. The highest BCUT2D eigenvalue weighted by Crippen LogP contribution is 2.26. The number of H-pyrrole nitrogens is 1. The molecule has 158 valence electrons. The molecular formula is C22H24FN3O4. The van der Waals surface area contributed by atoms with E-state index in [-0.39, 0.29) is 40.5 Å². The molecule has 0 saturated carbocycles. The summed E-state index contributed by atoms with van der Waals surface area (Å²) < 4.78 is 24.9. The number of nitrogens with one attached hydrogen (secondary N) is 2. The Labute approximate surface area is 173 Å². The quantitative estimate of drug-likeness (QED) is 0.646. The van der Waals surface area contributed by atoms with Crippen LogP contribution in [-0.2, 0) is 4.79 Å². The molecule has 0 atom stereocenters. The fourth-order valence-corrected chi connectivity index (χ4v) is 2.95. The highest BCUT2D eigenvalue weighted by atomic mass is 19.1. The number of carbonyl (C=O) groups is 1. The molecule has 0 fully saturated rings. The van der Waals surface area contributed by atoms with E-state index in [1.54, 1.807) is 31.2 Å². The summed E-state index contributed by atoms with van der Waals surface area (Å²) in [4.78, 5) is 31.7. The van der Waals surface area contributed by atoms with Gasteiger partial charge in [-0.2, -0.15) is 0 Å². The summed E-state index contributed by atoms with van der Waals surface area (Å²) in [6, 6.07) is 9.15. The molecule has 0 unspecified atom stereocenters. The molecule has 0 bridgehead atoms. The molecule has 3 aromatic rings. The number of aromatic nitrogens is 2. The average molecular weight is 413 g/mol. The Hall–Kier alpha value is -3.42. The van der Waals surface area contributed by atoms with Gasteiger partial charge in [0.25, 0.3) is 11.5 Å². The molecule has 8 heteroatoms. The third kappa shape index (κ3) is 5.14. The van der Waals surface area contributed by atoms with Gasteiger partial charge in [-0.15, -0.1) is 0 Å². The van der Waals surface area contributed by atoms with Crippen molar-refractivity contribution in [2.45, 2.75) is 33.2 Å². The first kappa shape index (κ1) is 21.3. The van der Waals surface area contributed by atoms with E-state index in [0.717, 1.165) is 0 Å². The lowest BCUT2D eigenvalue weighted by Crippen LogP contribution is -2.43. The normalized spacial score (nSPS) is 11.4. The summed E-state index contributed by atoms with van der Waals surface area (Å²) in [7, 11) is 0. The van der Waals surface area contributed by atoms with Crippen LogP contribution >= 0.6 is 0 Å². The van der Waals surface area contributed by atoms with Crippen molar-refractivity contribution >= 4 is 16.8 Å². The van der Waals surface area contributed by atoms with E-state index >= 15 is 0 Å². The van der Waals surface area contributed by atoms with E-state index in [1.165, 1.54) is 12.1 Å². The lowest BCUT2D eigenvalue weighted by Gasteiger charge is -2.20. The summed E-state index contributed by atoms with van der Waals surface area (Å²) in [5.41, 5.74) is -0.0424. The van der Waals surface area contributed by atoms with Gasteiger partial charge in [0.05, 0.1) is 12.1 Å². The number of fused-ring (bicyclic) bond motifs is 1. The van der Waals surface area contributed by atoms with Crippen LogP contribution in [0.2, 0.25) is 0 Å². The van der Waals surface area contributed by atoms with Crippen LogP contribution in [0.15, 0.2) is 41.2 Å². The molecular weight excluding hydrogens is 389 g/mol. The second-order valence-electron chi connectivity index (χ2n) is 7.76. The summed E-state index contributed by atoms with van der Waals surface area (Å²) in [5, 5.41) is 3.00. The van der Waals surface area contributed by atoms with E-state index in [1.807, 2.05) is 20.8 Å². The first-order valence-corrected chi connectivity index (χ1v) is 9.57. The van der Waals surface area contributed by atoms with E-state index in [0.29, 0.717) is 17.9 Å². The van der Waals surface area contributed by atoms with Crippen LogP contribution < -0.4 is 20.3 Å². The number of halogens is 1. The Morgan fingerprint density at radius 3 is 2.67 bits per heavy atom. The highest BCUT2D eigenvalue weighted by Gasteiger charge is 2.15. The zero-order chi connectivity index (χ0) is 21.9. The number of rotatable bonds is 6. The Bertz CT molecular complexity index is 1140. The molecule has 2 N–H and O–H groups in total. The van der Waals surface area contributed by atoms with Crippen LogP contribution in [0.3, 0.4) is 0 Å². The largest absolute Gasteiger partial charge is 0.493 e. The fraction of sp³-hybridized carbons (Fsp3) is 0.318. The highest BCUT2D eigenvalue weighted by molar-refractivity contribution is 5.85. The molecule has 0 radical (unpaired) electrons. The standard InChI is InChI=1S/C22H24FN3O4/c1-5-29-17-11-14(23)10-16-19(17)21(28)25-20(24-16)13-7-6-8-15(9-13)30-12-18(27)26-22(2,3)4/h6-11H,5,12H2,1-4H3,(H,26,27)(H,24,25,28). The Morgan fingerprint density at radius 2 is 1.97 bits per heavy atom. The molecule has 0 aliphatic rings. The zero-order valence-corrected chi connectivity index (χ0v) is 17.3. The maximum atomic E-state index is 14.0. The van der Waals surface area contributed by atoms with Crippen LogP contribution in [0.5, 0.6) is 11.5 Å². The van der Waals surface area contributed by atoms with Crippen LogP contribution in [0.4, 0.5) is 4.39 Å². The van der Waals surface area contributed by atoms with Crippen molar-refractivity contribution in [1.82, 2.24) is 15.3 Å². The van der Waals surface area contributed by atoms with Crippen molar-refractivity contribution in [3.63, 3.8) is 0 Å². The van der Waals surface area contributed by atoms with Gasteiger partial charge in [-0.25, -0.2) is 9.37 Å². The van der Waals surface area contributed by atoms with Crippen LogP contribution in [0.1, 0.15) is 27.7 Å². The second kappa shape index (κ2) is 8.52. The maximum Gasteiger partial charge on any atom is 0.262 e. The van der Waals surface area contributed by atoms with Crippen molar-refractivity contribution in [2.24, 2.45) is 0 Å². The van der Waals surface area contributed by atoms with Gasteiger partial charge in [-0.05, 0) is 39.8 Å². The van der Waals surface area contributed by atoms with Gasteiger partial charge in [0.2, 0.25) is 0 Å². The minimum Gasteiger partial charge on any atom is -0.493 e. The van der Waals surface area contributed by atoms with Crippen molar-refractivity contribution in [2.75, 3.05) is 13.2 Å². The number of benzene rings is 2.